The van der Waals surface area contributed by atoms with Crippen molar-refractivity contribution in [1.29, 1.82) is 0 Å². The molecule has 5 nitrogen and oxygen atoms in total. The molecule has 0 aromatic heterocycles. The van der Waals surface area contributed by atoms with Gasteiger partial charge in [-0.15, -0.1) is 0 Å². The normalized spacial score (nSPS) is 17.9. The molecule has 0 saturated carbocycles. The van der Waals surface area contributed by atoms with E-state index in [-0.39, 0.29) is 11.3 Å². The molecule has 0 bridgehead atoms. The second kappa shape index (κ2) is 7.87. The van der Waals surface area contributed by atoms with E-state index >= 15 is 0 Å². The first-order valence-corrected chi connectivity index (χ1v) is 9.59. The number of Topliss-reactive ketones (excluding diaryl/α,β-unsaturated/α-hetero) is 1. The fourth-order valence-electron chi connectivity index (χ4n) is 3.86. The molecule has 0 spiro atoms. The predicted molar refractivity (Wildman–Crippen MR) is 115 cm³/mol. The number of hydrogen-bond donors (Lipinski definition) is 1. The number of aliphatic hydroxyl groups excluding tert-OH is 1. The lowest BCUT2D eigenvalue weighted by atomic mass is 9.92. The highest BCUT2D eigenvalue weighted by atomic mass is 16.5. The van der Waals surface area contributed by atoms with E-state index in [0.29, 0.717) is 17.0 Å². The Morgan fingerprint density at radius 2 is 1.53 bits per heavy atom. The molecule has 1 fully saturated rings. The molecule has 150 valence electrons. The van der Waals surface area contributed by atoms with Crippen molar-refractivity contribution >= 4 is 23.1 Å². The summed E-state index contributed by atoms with van der Waals surface area (Å²) in [5.74, 6) is -1.23. The lowest BCUT2D eigenvalue weighted by Crippen LogP contribution is -2.29. The molecule has 1 unspecified atom stereocenters. The molecule has 0 radical (unpaired) electrons. The second-order valence-corrected chi connectivity index (χ2v) is 7.06. The average Bonchev–Trinajstić information content (AvgIpc) is 3.04. The number of ether oxygens (including phenoxy) is 1. The number of benzene rings is 3. The summed E-state index contributed by atoms with van der Waals surface area (Å²) in [6.07, 6.45) is 0. The van der Waals surface area contributed by atoms with Crippen molar-refractivity contribution in [1.82, 2.24) is 0 Å². The average molecular weight is 399 g/mol. The first-order chi connectivity index (χ1) is 14.5. The van der Waals surface area contributed by atoms with E-state index in [4.69, 9.17) is 4.74 Å². The fourth-order valence-corrected chi connectivity index (χ4v) is 3.86. The van der Waals surface area contributed by atoms with Gasteiger partial charge >= 0.3 is 0 Å². The van der Waals surface area contributed by atoms with Gasteiger partial charge in [0, 0.05) is 5.69 Å². The van der Waals surface area contributed by atoms with E-state index < -0.39 is 17.7 Å². The van der Waals surface area contributed by atoms with Gasteiger partial charge in [0.1, 0.15) is 11.5 Å². The smallest absolute Gasteiger partial charge is 0.300 e. The van der Waals surface area contributed by atoms with Gasteiger partial charge in [0.15, 0.2) is 0 Å². The zero-order chi connectivity index (χ0) is 21.3. The van der Waals surface area contributed by atoms with Crippen LogP contribution in [0.3, 0.4) is 0 Å². The molecule has 1 aliphatic heterocycles. The van der Waals surface area contributed by atoms with Gasteiger partial charge in [0.25, 0.3) is 11.7 Å². The minimum atomic E-state index is -0.751. The van der Waals surface area contributed by atoms with Gasteiger partial charge < -0.3 is 9.84 Å². The van der Waals surface area contributed by atoms with Crippen LogP contribution in [0.25, 0.3) is 5.76 Å². The second-order valence-electron chi connectivity index (χ2n) is 7.06. The van der Waals surface area contributed by atoms with Crippen molar-refractivity contribution in [2.24, 2.45) is 0 Å². The molecule has 1 saturated heterocycles. The third-order valence-electron chi connectivity index (χ3n) is 5.32. The number of ketones is 1. The van der Waals surface area contributed by atoms with Gasteiger partial charge in [-0.1, -0.05) is 54.6 Å². The highest BCUT2D eigenvalue weighted by molar-refractivity contribution is 6.51. The van der Waals surface area contributed by atoms with E-state index in [1.54, 1.807) is 36.4 Å². The number of anilines is 1. The Morgan fingerprint density at radius 3 is 2.23 bits per heavy atom. The van der Waals surface area contributed by atoms with Crippen molar-refractivity contribution in [3.05, 3.63) is 101 Å². The summed E-state index contributed by atoms with van der Waals surface area (Å²) < 4.78 is 5.36. The maximum Gasteiger partial charge on any atom is 0.300 e. The van der Waals surface area contributed by atoms with Crippen LogP contribution < -0.4 is 9.64 Å². The minimum Gasteiger partial charge on any atom is -0.507 e. The summed E-state index contributed by atoms with van der Waals surface area (Å²) in [5.41, 5.74) is 2.69. The third kappa shape index (κ3) is 3.14. The number of aryl methyl sites for hydroxylation is 1. The first kappa shape index (κ1) is 19.5. The van der Waals surface area contributed by atoms with Crippen LogP contribution in [-0.4, -0.2) is 23.9 Å². The van der Waals surface area contributed by atoms with Crippen LogP contribution in [-0.2, 0) is 9.59 Å². The zero-order valence-corrected chi connectivity index (χ0v) is 16.7. The van der Waals surface area contributed by atoms with Crippen LogP contribution in [0, 0.1) is 6.92 Å². The number of methoxy groups -OCH3 is 1. The van der Waals surface area contributed by atoms with Gasteiger partial charge in [-0.05, 0) is 42.3 Å². The molecule has 1 N–H and O–H groups in total. The van der Waals surface area contributed by atoms with Crippen LogP contribution in [0.4, 0.5) is 5.69 Å². The van der Waals surface area contributed by atoms with Crippen molar-refractivity contribution in [3.63, 3.8) is 0 Å². The lowest BCUT2D eigenvalue weighted by molar-refractivity contribution is -0.132. The Balaban J connectivity index is 2.00. The molecule has 0 aliphatic carbocycles. The topological polar surface area (TPSA) is 66.8 Å². The number of rotatable bonds is 4. The number of hydrogen-bond acceptors (Lipinski definition) is 4. The number of para-hydroxylation sites is 2. The van der Waals surface area contributed by atoms with Gasteiger partial charge in [-0.3, -0.25) is 14.5 Å². The van der Waals surface area contributed by atoms with Crippen LogP contribution in [0.5, 0.6) is 5.75 Å². The molecular weight excluding hydrogens is 378 g/mol. The Bertz CT molecular complexity index is 1150. The van der Waals surface area contributed by atoms with Crippen molar-refractivity contribution in [2.75, 3.05) is 12.0 Å². The van der Waals surface area contributed by atoms with E-state index in [0.717, 1.165) is 11.1 Å². The zero-order valence-electron chi connectivity index (χ0n) is 16.7. The predicted octanol–water partition coefficient (Wildman–Crippen LogP) is 4.63. The summed E-state index contributed by atoms with van der Waals surface area (Å²) in [6, 6.07) is 22.7. The minimum absolute atomic E-state index is 0.0441. The highest BCUT2D eigenvalue weighted by Gasteiger charge is 2.47. The Kier molecular flexibility index (Phi) is 5.11. The fraction of sp³-hybridized carbons (Fsp3) is 0.120. The van der Waals surface area contributed by atoms with Crippen molar-refractivity contribution < 1.29 is 19.4 Å². The molecule has 1 aliphatic rings. The van der Waals surface area contributed by atoms with Gasteiger partial charge in [-0.2, -0.15) is 0 Å². The Labute approximate surface area is 174 Å². The summed E-state index contributed by atoms with van der Waals surface area (Å²) in [6.45, 7) is 1.92. The maximum atomic E-state index is 13.1. The number of carbonyl (C=O) groups is 2. The summed E-state index contributed by atoms with van der Waals surface area (Å²) in [7, 11) is 1.49. The molecule has 5 heteroatoms. The van der Waals surface area contributed by atoms with Gasteiger partial charge in [0.05, 0.1) is 24.3 Å². The molecule has 1 atom stereocenters. The van der Waals surface area contributed by atoms with E-state index in [1.807, 2.05) is 49.4 Å². The third-order valence-corrected chi connectivity index (χ3v) is 5.32. The van der Waals surface area contributed by atoms with Crippen LogP contribution in [0.1, 0.15) is 22.7 Å². The largest absolute Gasteiger partial charge is 0.507 e. The maximum absolute atomic E-state index is 13.1. The summed E-state index contributed by atoms with van der Waals surface area (Å²) >= 11 is 0. The van der Waals surface area contributed by atoms with Crippen molar-refractivity contribution in [2.45, 2.75) is 13.0 Å². The molecule has 30 heavy (non-hydrogen) atoms. The number of nitrogens with zero attached hydrogens (tertiary/aromatic N) is 1. The quantitative estimate of drug-likeness (QED) is 0.395. The van der Waals surface area contributed by atoms with E-state index in [9.17, 15) is 14.7 Å². The van der Waals surface area contributed by atoms with Crippen LogP contribution in [0.2, 0.25) is 0 Å². The Morgan fingerprint density at radius 1 is 0.900 bits per heavy atom. The molecule has 3 aromatic carbocycles. The SMILES string of the molecule is COc1ccccc1/C(O)=C1\C(=O)C(=O)N(c2ccccc2)C1c1ccccc1C. The van der Waals surface area contributed by atoms with E-state index in [2.05, 4.69) is 0 Å². The number of carbonyl (C=O) groups excluding carboxylic acids is 2. The Hall–Kier alpha value is -3.86. The van der Waals surface area contributed by atoms with Crippen molar-refractivity contribution in [3.8, 4) is 5.75 Å². The summed E-state index contributed by atoms with van der Waals surface area (Å²) in [5, 5.41) is 11.2. The lowest BCUT2D eigenvalue weighted by Gasteiger charge is -2.26. The highest BCUT2D eigenvalue weighted by Crippen LogP contribution is 2.43. The molecular formula is C25H21NO4. The van der Waals surface area contributed by atoms with Gasteiger partial charge in [0.2, 0.25) is 0 Å². The standard InChI is InChI=1S/C25H21NO4/c1-16-10-6-7-13-18(16)22-21(23(27)19-14-8-9-15-20(19)30-2)24(28)25(29)26(22)17-11-4-3-5-12-17/h3-15,22,27H,1-2H3/b23-21+. The number of amides is 1. The van der Waals surface area contributed by atoms with E-state index in [1.165, 1.54) is 12.0 Å². The van der Waals surface area contributed by atoms with Gasteiger partial charge in [-0.25, -0.2) is 0 Å². The molecule has 1 amide bonds. The van der Waals surface area contributed by atoms with Crippen LogP contribution in [0.15, 0.2) is 84.4 Å². The summed E-state index contributed by atoms with van der Waals surface area (Å²) in [4.78, 5) is 27.7. The molecule has 1 heterocycles. The molecule has 3 aromatic rings. The monoisotopic (exact) mass is 399 g/mol. The molecule has 4 rings (SSSR count). The first-order valence-electron chi connectivity index (χ1n) is 9.59. The number of aliphatic hydroxyl groups is 1. The van der Waals surface area contributed by atoms with Crippen LogP contribution >= 0.6 is 0 Å².